The van der Waals surface area contributed by atoms with Crippen molar-refractivity contribution >= 4 is 28.9 Å². The number of halogens is 1. The van der Waals surface area contributed by atoms with Crippen LogP contribution >= 0.6 is 22.9 Å². The third kappa shape index (κ3) is 5.40. The molecule has 0 atom stereocenters. The number of carbonyl (C=O) groups excluding carboxylic acids is 1. The highest BCUT2D eigenvalue weighted by molar-refractivity contribution is 7.13. The highest BCUT2D eigenvalue weighted by Gasteiger charge is 2.11. The van der Waals surface area contributed by atoms with Crippen molar-refractivity contribution in [3.8, 4) is 27.8 Å². The molecule has 2 aromatic carbocycles. The summed E-state index contributed by atoms with van der Waals surface area (Å²) in [4.78, 5) is 16.5. The summed E-state index contributed by atoms with van der Waals surface area (Å²) >= 11 is 7.43. The van der Waals surface area contributed by atoms with Gasteiger partial charge in [-0.25, -0.2) is 9.78 Å². The van der Waals surface area contributed by atoms with Gasteiger partial charge in [0.2, 0.25) is 0 Å². The number of ether oxygens (including phenoxy) is 4. The summed E-state index contributed by atoms with van der Waals surface area (Å²) in [6.45, 7) is 1.76. The van der Waals surface area contributed by atoms with E-state index in [1.807, 2.05) is 30.5 Å². The van der Waals surface area contributed by atoms with Crippen LogP contribution in [-0.4, -0.2) is 31.8 Å². The van der Waals surface area contributed by atoms with Crippen molar-refractivity contribution in [3.05, 3.63) is 58.1 Å². The normalized spacial score (nSPS) is 10.5. The molecule has 0 aliphatic heterocycles. The van der Waals surface area contributed by atoms with E-state index in [1.54, 1.807) is 32.4 Å². The second-order valence-electron chi connectivity index (χ2n) is 6.07. The van der Waals surface area contributed by atoms with Crippen LogP contribution in [0.15, 0.2) is 41.8 Å². The van der Waals surface area contributed by atoms with Crippen LogP contribution in [-0.2, 0) is 16.1 Å². The number of thiazole rings is 1. The number of methoxy groups -OCH3 is 2. The molecule has 0 radical (unpaired) electrons. The summed E-state index contributed by atoms with van der Waals surface area (Å²) in [6, 6.07) is 10.8. The average molecular weight is 434 g/mol. The maximum atomic E-state index is 11.9. The number of hydrogen-bond donors (Lipinski definition) is 0. The van der Waals surface area contributed by atoms with Gasteiger partial charge in [-0.3, -0.25) is 0 Å². The van der Waals surface area contributed by atoms with Gasteiger partial charge in [0.05, 0.1) is 19.9 Å². The number of hydrogen-bond acceptors (Lipinski definition) is 7. The molecular weight excluding hydrogens is 414 g/mol. The van der Waals surface area contributed by atoms with E-state index in [1.165, 1.54) is 11.3 Å². The van der Waals surface area contributed by atoms with E-state index in [0.717, 1.165) is 16.1 Å². The number of aryl methyl sites for hydroxylation is 1. The summed E-state index contributed by atoms with van der Waals surface area (Å²) in [5.41, 5.74) is 2.44. The molecule has 0 amide bonds. The van der Waals surface area contributed by atoms with Crippen LogP contribution in [0.4, 0.5) is 0 Å². The van der Waals surface area contributed by atoms with E-state index in [9.17, 15) is 4.79 Å². The van der Waals surface area contributed by atoms with E-state index in [0.29, 0.717) is 28.0 Å². The molecule has 0 saturated heterocycles. The molecule has 0 N–H and O–H groups in total. The topological polar surface area (TPSA) is 66.9 Å². The number of rotatable bonds is 8. The van der Waals surface area contributed by atoms with E-state index in [4.69, 9.17) is 30.5 Å². The lowest BCUT2D eigenvalue weighted by Gasteiger charge is -2.08. The van der Waals surface area contributed by atoms with Gasteiger partial charge in [-0.15, -0.1) is 11.3 Å². The summed E-state index contributed by atoms with van der Waals surface area (Å²) in [5.74, 6) is 1.37. The smallest absolute Gasteiger partial charge is 0.344 e. The molecule has 0 spiro atoms. The summed E-state index contributed by atoms with van der Waals surface area (Å²) in [5, 5.41) is 3.29. The Hall–Kier alpha value is -2.77. The molecule has 6 nitrogen and oxygen atoms in total. The summed E-state index contributed by atoms with van der Waals surface area (Å²) in [6.07, 6.45) is 0. The van der Waals surface area contributed by atoms with E-state index in [2.05, 4.69) is 4.98 Å². The Kier molecular flexibility index (Phi) is 6.95. The minimum Gasteiger partial charge on any atom is -0.493 e. The molecule has 3 aromatic rings. The lowest BCUT2D eigenvalue weighted by molar-refractivity contribution is -0.147. The minimum atomic E-state index is -0.474. The van der Waals surface area contributed by atoms with Crippen molar-refractivity contribution in [2.75, 3.05) is 20.8 Å². The van der Waals surface area contributed by atoms with Crippen molar-refractivity contribution in [2.45, 2.75) is 13.5 Å². The Morgan fingerprint density at radius 1 is 1.10 bits per heavy atom. The molecule has 0 unspecified atom stereocenters. The van der Waals surface area contributed by atoms with Crippen LogP contribution in [0.2, 0.25) is 5.02 Å². The van der Waals surface area contributed by atoms with Crippen LogP contribution in [0.3, 0.4) is 0 Å². The monoisotopic (exact) mass is 433 g/mol. The fourth-order valence-electron chi connectivity index (χ4n) is 2.52. The number of nitrogens with zero attached hydrogens (tertiary/aromatic N) is 1. The SMILES string of the molecule is COc1ccc(-c2nc(COC(=O)COc3ccc(Cl)c(C)c3)cs2)cc1OC. The van der Waals surface area contributed by atoms with Crippen LogP contribution in [0.25, 0.3) is 10.6 Å². The van der Waals surface area contributed by atoms with Crippen molar-refractivity contribution in [2.24, 2.45) is 0 Å². The maximum Gasteiger partial charge on any atom is 0.344 e. The first-order chi connectivity index (χ1) is 14.0. The molecule has 8 heteroatoms. The molecule has 152 valence electrons. The fourth-order valence-corrected chi connectivity index (χ4v) is 3.44. The molecule has 0 aliphatic carbocycles. The highest BCUT2D eigenvalue weighted by Crippen LogP contribution is 2.33. The number of aromatic nitrogens is 1. The van der Waals surface area contributed by atoms with Gasteiger partial charge in [-0.1, -0.05) is 11.6 Å². The van der Waals surface area contributed by atoms with E-state index in [-0.39, 0.29) is 13.2 Å². The zero-order chi connectivity index (χ0) is 20.8. The van der Waals surface area contributed by atoms with Gasteiger partial charge in [-0.2, -0.15) is 0 Å². The Labute approximate surface area is 178 Å². The third-order valence-electron chi connectivity index (χ3n) is 4.05. The zero-order valence-corrected chi connectivity index (χ0v) is 17.8. The van der Waals surface area contributed by atoms with Gasteiger partial charge < -0.3 is 18.9 Å². The molecule has 0 fully saturated rings. The van der Waals surface area contributed by atoms with Gasteiger partial charge in [0.1, 0.15) is 17.4 Å². The van der Waals surface area contributed by atoms with Gasteiger partial charge in [-0.05, 0) is 48.9 Å². The standard InChI is InChI=1S/C21H20ClNO5S/c1-13-8-16(5-6-17(13)22)27-11-20(24)28-10-15-12-29-21(23-15)14-4-7-18(25-2)19(9-14)26-3/h4-9,12H,10-11H2,1-3H3. The molecular formula is C21H20ClNO5S. The maximum absolute atomic E-state index is 11.9. The van der Waals surface area contributed by atoms with Gasteiger partial charge in [0.25, 0.3) is 0 Å². The molecule has 29 heavy (non-hydrogen) atoms. The molecule has 0 bridgehead atoms. The molecule has 0 aliphatic rings. The Morgan fingerprint density at radius 3 is 2.62 bits per heavy atom. The van der Waals surface area contributed by atoms with Crippen LogP contribution < -0.4 is 14.2 Å². The lowest BCUT2D eigenvalue weighted by Crippen LogP contribution is -2.14. The van der Waals surface area contributed by atoms with Gasteiger partial charge in [0, 0.05) is 16.0 Å². The predicted molar refractivity (Wildman–Crippen MR) is 112 cm³/mol. The molecule has 3 rings (SSSR count). The van der Waals surface area contributed by atoms with Crippen molar-refractivity contribution in [1.82, 2.24) is 4.98 Å². The summed E-state index contributed by atoms with van der Waals surface area (Å²) < 4.78 is 21.3. The van der Waals surface area contributed by atoms with E-state index < -0.39 is 5.97 Å². The van der Waals surface area contributed by atoms with E-state index >= 15 is 0 Å². The summed E-state index contributed by atoms with van der Waals surface area (Å²) in [7, 11) is 3.17. The zero-order valence-electron chi connectivity index (χ0n) is 16.2. The van der Waals surface area contributed by atoms with Crippen LogP contribution in [0.1, 0.15) is 11.3 Å². The number of benzene rings is 2. The first kappa shape index (κ1) is 21.0. The second-order valence-corrected chi connectivity index (χ2v) is 7.34. The van der Waals surface area contributed by atoms with Crippen molar-refractivity contribution in [3.63, 3.8) is 0 Å². The quantitative estimate of drug-likeness (QED) is 0.470. The predicted octanol–water partition coefficient (Wildman–Crippen LogP) is 4.91. The lowest BCUT2D eigenvalue weighted by atomic mass is 10.2. The van der Waals surface area contributed by atoms with Crippen molar-refractivity contribution in [1.29, 1.82) is 0 Å². The number of carbonyl (C=O) groups is 1. The van der Waals surface area contributed by atoms with Gasteiger partial charge >= 0.3 is 5.97 Å². The van der Waals surface area contributed by atoms with Crippen molar-refractivity contribution < 1.29 is 23.7 Å². The average Bonchev–Trinajstić information content (AvgIpc) is 3.21. The second kappa shape index (κ2) is 9.62. The molecule has 1 aromatic heterocycles. The van der Waals surface area contributed by atoms with Crippen LogP contribution in [0.5, 0.6) is 17.2 Å². The number of esters is 1. The third-order valence-corrected chi connectivity index (χ3v) is 5.41. The molecule has 1 heterocycles. The minimum absolute atomic E-state index is 0.0750. The largest absolute Gasteiger partial charge is 0.493 e. The Bertz CT molecular complexity index is 1000. The van der Waals surface area contributed by atoms with Gasteiger partial charge in [0.15, 0.2) is 18.1 Å². The first-order valence-electron chi connectivity index (χ1n) is 8.71. The Morgan fingerprint density at radius 2 is 1.90 bits per heavy atom. The first-order valence-corrected chi connectivity index (χ1v) is 9.97. The highest BCUT2D eigenvalue weighted by atomic mass is 35.5. The molecule has 0 saturated carbocycles. The fraction of sp³-hybridized carbons (Fsp3) is 0.238. The van der Waals surface area contributed by atoms with Crippen LogP contribution in [0, 0.1) is 6.92 Å². The Balaban J connectivity index is 1.55.